The van der Waals surface area contributed by atoms with Crippen molar-refractivity contribution < 1.29 is 14.3 Å². The smallest absolute Gasteiger partial charge is 0.310 e. The Morgan fingerprint density at radius 1 is 1.43 bits per heavy atom. The molecule has 21 heavy (non-hydrogen) atoms. The van der Waals surface area contributed by atoms with Gasteiger partial charge in [0.1, 0.15) is 6.54 Å². The van der Waals surface area contributed by atoms with Crippen molar-refractivity contribution in [3.63, 3.8) is 0 Å². The Morgan fingerprint density at radius 3 is 2.71 bits per heavy atom. The molecule has 1 atom stereocenters. The predicted octanol–water partition coefficient (Wildman–Crippen LogP) is 0.494. The number of piperidine rings is 1. The molecule has 1 aromatic heterocycles. The highest BCUT2D eigenvalue weighted by molar-refractivity contribution is 5.78. The van der Waals surface area contributed by atoms with Crippen LogP contribution in [0.3, 0.4) is 0 Å². The van der Waals surface area contributed by atoms with Gasteiger partial charge >= 0.3 is 5.97 Å². The van der Waals surface area contributed by atoms with Gasteiger partial charge in [0.15, 0.2) is 0 Å². The topological polar surface area (TPSA) is 90.5 Å². The first-order valence-electron chi connectivity index (χ1n) is 7.09. The molecule has 1 aromatic rings. The van der Waals surface area contributed by atoms with Crippen LogP contribution in [0.25, 0.3) is 0 Å². The Balaban J connectivity index is 2.02. The Morgan fingerprint density at radius 2 is 2.14 bits per heavy atom. The zero-order chi connectivity index (χ0) is 15.6. The van der Waals surface area contributed by atoms with Crippen LogP contribution in [0.1, 0.15) is 24.2 Å². The van der Waals surface area contributed by atoms with Crippen LogP contribution in [0, 0.1) is 19.8 Å². The van der Waals surface area contributed by atoms with Crippen LogP contribution in [-0.2, 0) is 20.9 Å². The average molecular weight is 294 g/mol. The SMILES string of the molecule is COC(=O)C1CCCN(C(=O)Cn2nc(C)c(N)c2C)C1. The van der Waals surface area contributed by atoms with Gasteiger partial charge in [-0.15, -0.1) is 0 Å². The van der Waals surface area contributed by atoms with E-state index in [-0.39, 0.29) is 24.3 Å². The van der Waals surface area contributed by atoms with Crippen molar-refractivity contribution in [3.8, 4) is 0 Å². The number of esters is 1. The van der Waals surface area contributed by atoms with Crippen molar-refractivity contribution in [2.45, 2.75) is 33.2 Å². The molecule has 0 saturated carbocycles. The van der Waals surface area contributed by atoms with E-state index in [4.69, 9.17) is 10.5 Å². The Labute approximate surface area is 124 Å². The fourth-order valence-corrected chi connectivity index (χ4v) is 2.66. The molecular formula is C14H22N4O3. The zero-order valence-electron chi connectivity index (χ0n) is 12.8. The number of hydrogen-bond acceptors (Lipinski definition) is 5. The fourth-order valence-electron chi connectivity index (χ4n) is 2.66. The van der Waals surface area contributed by atoms with Crippen molar-refractivity contribution >= 4 is 17.6 Å². The first-order chi connectivity index (χ1) is 9.93. The second kappa shape index (κ2) is 6.15. The maximum absolute atomic E-state index is 12.4. The molecule has 7 nitrogen and oxygen atoms in total. The molecule has 0 aliphatic carbocycles. The number of carbonyl (C=O) groups excluding carboxylic acids is 2. The quantitative estimate of drug-likeness (QED) is 0.820. The Hall–Kier alpha value is -2.05. The molecule has 116 valence electrons. The summed E-state index contributed by atoms with van der Waals surface area (Å²) in [7, 11) is 1.38. The van der Waals surface area contributed by atoms with E-state index in [0.717, 1.165) is 24.2 Å². The number of nitrogens with zero attached hydrogens (tertiary/aromatic N) is 3. The van der Waals surface area contributed by atoms with Crippen LogP contribution < -0.4 is 5.73 Å². The van der Waals surface area contributed by atoms with E-state index >= 15 is 0 Å². The molecule has 2 heterocycles. The Kier molecular flexibility index (Phi) is 4.50. The van der Waals surface area contributed by atoms with E-state index in [1.807, 2.05) is 13.8 Å². The third-order valence-corrected chi connectivity index (χ3v) is 4.03. The molecular weight excluding hydrogens is 272 g/mol. The second-order valence-electron chi connectivity index (χ2n) is 5.44. The minimum atomic E-state index is -0.247. The second-order valence-corrected chi connectivity index (χ2v) is 5.44. The third-order valence-electron chi connectivity index (χ3n) is 4.03. The lowest BCUT2D eigenvalue weighted by molar-refractivity contribution is -0.149. The van der Waals surface area contributed by atoms with E-state index < -0.39 is 0 Å². The number of amides is 1. The van der Waals surface area contributed by atoms with Crippen LogP contribution in [0.4, 0.5) is 5.69 Å². The molecule has 1 aliphatic heterocycles. The number of hydrogen-bond donors (Lipinski definition) is 1. The largest absolute Gasteiger partial charge is 0.469 e. The molecule has 2 N–H and O–H groups in total. The van der Waals surface area contributed by atoms with Crippen molar-refractivity contribution in [1.29, 1.82) is 0 Å². The molecule has 0 radical (unpaired) electrons. The van der Waals surface area contributed by atoms with Crippen LogP contribution in [-0.4, -0.2) is 46.8 Å². The molecule has 2 rings (SSSR count). The number of nitrogen functional groups attached to an aromatic ring is 1. The lowest BCUT2D eigenvalue weighted by Gasteiger charge is -2.31. The lowest BCUT2D eigenvalue weighted by atomic mass is 9.98. The first kappa shape index (κ1) is 15.3. The van der Waals surface area contributed by atoms with Gasteiger partial charge in [-0.3, -0.25) is 14.3 Å². The van der Waals surface area contributed by atoms with Crippen molar-refractivity contribution in [1.82, 2.24) is 14.7 Å². The van der Waals surface area contributed by atoms with Gasteiger partial charge in [-0.25, -0.2) is 0 Å². The summed E-state index contributed by atoms with van der Waals surface area (Å²) in [5.41, 5.74) is 8.01. The van der Waals surface area contributed by atoms with Crippen LogP contribution >= 0.6 is 0 Å². The highest BCUT2D eigenvalue weighted by Gasteiger charge is 2.29. The summed E-state index contributed by atoms with van der Waals surface area (Å²) in [5.74, 6) is -0.518. The van der Waals surface area contributed by atoms with E-state index in [1.54, 1.807) is 9.58 Å². The predicted molar refractivity (Wildman–Crippen MR) is 77.4 cm³/mol. The van der Waals surface area contributed by atoms with Crippen LogP contribution in [0.5, 0.6) is 0 Å². The highest BCUT2D eigenvalue weighted by atomic mass is 16.5. The molecule has 0 aromatic carbocycles. The number of rotatable bonds is 3. The first-order valence-corrected chi connectivity index (χ1v) is 7.09. The molecule has 0 bridgehead atoms. The molecule has 1 aliphatic rings. The number of aromatic nitrogens is 2. The van der Waals surface area contributed by atoms with Gasteiger partial charge in [0.2, 0.25) is 5.91 Å². The van der Waals surface area contributed by atoms with Crippen LogP contribution in [0.2, 0.25) is 0 Å². The van der Waals surface area contributed by atoms with Gasteiger partial charge in [-0.1, -0.05) is 0 Å². The number of likely N-dealkylation sites (tertiary alicyclic amines) is 1. The van der Waals surface area contributed by atoms with E-state index in [9.17, 15) is 9.59 Å². The number of anilines is 1. The lowest BCUT2D eigenvalue weighted by Crippen LogP contribution is -2.44. The van der Waals surface area contributed by atoms with Crippen molar-refractivity contribution in [3.05, 3.63) is 11.4 Å². The number of aryl methyl sites for hydroxylation is 1. The monoisotopic (exact) mass is 294 g/mol. The summed E-state index contributed by atoms with van der Waals surface area (Å²) in [6, 6.07) is 0. The normalized spacial score (nSPS) is 18.6. The van der Waals surface area contributed by atoms with Crippen molar-refractivity contribution in [2.75, 3.05) is 25.9 Å². The minimum Gasteiger partial charge on any atom is -0.469 e. The molecule has 1 fully saturated rings. The number of carbonyl (C=O) groups is 2. The fraction of sp³-hybridized carbons (Fsp3) is 0.643. The summed E-state index contributed by atoms with van der Waals surface area (Å²) in [6.45, 7) is 4.90. The average Bonchev–Trinajstić information content (AvgIpc) is 2.73. The molecule has 0 spiro atoms. The number of methoxy groups -OCH3 is 1. The van der Waals surface area contributed by atoms with E-state index in [0.29, 0.717) is 18.8 Å². The van der Waals surface area contributed by atoms with Gasteiger partial charge in [0.05, 0.1) is 30.1 Å². The van der Waals surface area contributed by atoms with Gasteiger partial charge < -0.3 is 15.4 Å². The number of nitrogens with two attached hydrogens (primary N) is 1. The third kappa shape index (κ3) is 3.17. The maximum atomic E-state index is 12.4. The summed E-state index contributed by atoms with van der Waals surface area (Å²) in [4.78, 5) is 25.7. The molecule has 1 unspecified atom stereocenters. The number of ether oxygens (including phenoxy) is 1. The van der Waals surface area contributed by atoms with Gasteiger partial charge in [0.25, 0.3) is 0 Å². The van der Waals surface area contributed by atoms with Gasteiger partial charge in [-0.2, -0.15) is 5.10 Å². The van der Waals surface area contributed by atoms with Gasteiger partial charge in [-0.05, 0) is 26.7 Å². The molecule has 1 saturated heterocycles. The van der Waals surface area contributed by atoms with E-state index in [2.05, 4.69) is 5.10 Å². The summed E-state index contributed by atoms with van der Waals surface area (Å²) in [6.07, 6.45) is 1.58. The zero-order valence-corrected chi connectivity index (χ0v) is 12.8. The maximum Gasteiger partial charge on any atom is 0.310 e. The Bertz CT molecular complexity index is 553. The summed E-state index contributed by atoms with van der Waals surface area (Å²) < 4.78 is 6.38. The molecule has 7 heteroatoms. The van der Waals surface area contributed by atoms with E-state index in [1.165, 1.54) is 7.11 Å². The molecule has 1 amide bonds. The van der Waals surface area contributed by atoms with Crippen LogP contribution in [0.15, 0.2) is 0 Å². The standard InChI is InChI=1S/C14H22N4O3/c1-9-13(15)10(2)18(16-9)8-12(19)17-6-4-5-11(7-17)14(20)21-3/h11H,4-8,15H2,1-3H3. The minimum absolute atomic E-state index is 0.0470. The summed E-state index contributed by atoms with van der Waals surface area (Å²) >= 11 is 0. The van der Waals surface area contributed by atoms with Crippen molar-refractivity contribution in [2.24, 2.45) is 5.92 Å². The summed E-state index contributed by atoms with van der Waals surface area (Å²) in [5, 5.41) is 4.27. The highest BCUT2D eigenvalue weighted by Crippen LogP contribution is 2.19. The van der Waals surface area contributed by atoms with Gasteiger partial charge in [0, 0.05) is 13.1 Å².